The molecule has 22 nitrogen and oxygen atoms in total. The Kier molecular flexibility index (Phi) is 16.8. The van der Waals surface area contributed by atoms with Crippen LogP contribution in [0.2, 0.25) is 0 Å². The summed E-state index contributed by atoms with van der Waals surface area (Å²) in [4.78, 5) is 105. The van der Waals surface area contributed by atoms with Crippen molar-refractivity contribution >= 4 is 97.6 Å². The van der Waals surface area contributed by atoms with Crippen molar-refractivity contribution in [3.8, 4) is 43.4 Å². The molecule has 0 aliphatic carbocycles. The van der Waals surface area contributed by atoms with Crippen LogP contribution in [-0.4, -0.2) is 90.2 Å². The lowest BCUT2D eigenvalue weighted by Crippen LogP contribution is -2.40. The third kappa shape index (κ3) is 11.9. The zero-order chi connectivity index (χ0) is 53.6. The van der Waals surface area contributed by atoms with Crippen LogP contribution in [0.25, 0.3) is 53.8 Å². The van der Waals surface area contributed by atoms with Gasteiger partial charge in [0.15, 0.2) is 0 Å². The van der Waals surface area contributed by atoms with E-state index in [9.17, 15) is 29.1 Å². The van der Waals surface area contributed by atoms with Gasteiger partial charge in [-0.15, -0.1) is 68.0 Å². The fraction of sp³-hybridized carbons (Fsp3) is 0.292. The van der Waals surface area contributed by atoms with E-state index in [1.165, 1.54) is 76.2 Å². The number of pyridine rings is 1. The molecule has 10 bridgehead atoms. The van der Waals surface area contributed by atoms with E-state index in [1.807, 2.05) is 26.8 Å². The summed E-state index contributed by atoms with van der Waals surface area (Å²) in [5.41, 5.74) is 12.3. The summed E-state index contributed by atoms with van der Waals surface area (Å²) in [5, 5.41) is 39.1. The van der Waals surface area contributed by atoms with Crippen molar-refractivity contribution in [2.75, 3.05) is 20.7 Å². The third-order valence-electron chi connectivity index (χ3n) is 11.7. The zero-order valence-electron chi connectivity index (χ0n) is 40.9. The number of carbonyl (C=O) groups is 5. The number of aromatic nitrogens is 7. The molecule has 1 aliphatic heterocycles. The number of aryl methyl sites for hydroxylation is 1. The van der Waals surface area contributed by atoms with Gasteiger partial charge in [-0.25, -0.2) is 34.9 Å². The van der Waals surface area contributed by atoms with Gasteiger partial charge in [-0.3, -0.25) is 24.0 Å². The molecule has 4 atom stereocenters. The van der Waals surface area contributed by atoms with Crippen LogP contribution in [0.5, 0.6) is 0 Å². The first kappa shape index (κ1) is 53.7. The van der Waals surface area contributed by atoms with Gasteiger partial charge in [0, 0.05) is 57.6 Å². The number of aliphatic hydroxyl groups is 1. The minimum Gasteiger partial charge on any atom is -0.386 e. The van der Waals surface area contributed by atoms with Crippen molar-refractivity contribution < 1.29 is 33.8 Å². The molecule has 7 aromatic heterocycles. The monoisotopic (exact) mass is 1140 g/mol. The lowest BCUT2D eigenvalue weighted by atomic mass is 10.0. The van der Waals surface area contributed by atoms with Crippen LogP contribution in [0.1, 0.15) is 112 Å². The highest BCUT2D eigenvalue weighted by atomic mass is 32.1. The van der Waals surface area contributed by atoms with Crippen LogP contribution in [0.3, 0.4) is 0 Å². The second-order valence-electron chi connectivity index (χ2n) is 17.2. The molecule has 0 unspecified atom stereocenters. The topological polar surface area (TPSA) is 314 Å². The minimum absolute atomic E-state index is 0.00847. The average Bonchev–Trinajstić information content (AvgIpc) is 4.30. The molecule has 8 aromatic rings. The fourth-order valence-electron chi connectivity index (χ4n) is 7.85. The summed E-state index contributed by atoms with van der Waals surface area (Å²) in [6.07, 6.45) is -1.36. The van der Waals surface area contributed by atoms with Crippen LogP contribution in [0.15, 0.2) is 69.1 Å². The predicted octanol–water partition coefficient (Wildman–Crippen LogP) is 8.12. The number of methoxy groups -OCH3 is 1. The summed E-state index contributed by atoms with van der Waals surface area (Å²) >= 11 is 7.45. The largest absolute Gasteiger partial charge is 0.386 e. The Morgan fingerprint density at radius 3 is 2.29 bits per heavy atom. The number of azide groups is 1. The summed E-state index contributed by atoms with van der Waals surface area (Å²) in [6, 6.07) is 10.0. The first-order valence-corrected chi connectivity index (χ1v) is 28.3. The van der Waals surface area contributed by atoms with Gasteiger partial charge in [0.1, 0.15) is 76.4 Å². The lowest BCUT2D eigenvalue weighted by Gasteiger charge is -2.23. The van der Waals surface area contributed by atoms with E-state index >= 15 is 0 Å². The molecule has 5 amide bonds. The summed E-state index contributed by atoms with van der Waals surface area (Å²) in [6.45, 7) is 5.87. The standard InChI is InChI=1S/C48H45N15O7S6/c1-21(2)35-48-61-37(32(76-48)16-70-5)42(69)52-15-34(65)60-38(39(66)23-9-7-6-8-10-23)47-59-31(20-74-47)45-56-28(17-72-45)36-24(11-12-25(53-36)44-58-30(19-73-44)41(68)62-63-49)43-57-29(18-71-43)40(67)54-26(13-33(64)50-4)46-55-27(14-51-35)22(3)75-46/h6-12,17-21,26,35,38-39,51,66H,13-16H2,1-5H3,(H,50,64)(H,52,69)(H,54,67)(H,60,65)/t26-,35-,38-,39-/m0/s1. The molecule has 390 valence electrons. The van der Waals surface area contributed by atoms with Crippen molar-refractivity contribution in [3.63, 3.8) is 0 Å². The van der Waals surface area contributed by atoms with Gasteiger partial charge in [0.05, 0.1) is 47.9 Å². The molecule has 6 N–H and O–H groups in total. The number of fused-ring (bicyclic) bond motifs is 14. The number of amides is 5. The van der Waals surface area contributed by atoms with Crippen molar-refractivity contribution in [2.24, 2.45) is 11.0 Å². The molecule has 9 rings (SSSR count). The molecular formula is C48H45N15O7S6. The molecule has 8 heterocycles. The number of ether oxygens (including phenoxy) is 1. The summed E-state index contributed by atoms with van der Waals surface area (Å²) in [7, 11) is 3.03. The van der Waals surface area contributed by atoms with Crippen LogP contribution < -0.4 is 26.6 Å². The van der Waals surface area contributed by atoms with E-state index in [4.69, 9.17) is 40.2 Å². The summed E-state index contributed by atoms with van der Waals surface area (Å²) in [5.74, 6) is -2.91. The van der Waals surface area contributed by atoms with Gasteiger partial charge in [-0.2, -0.15) is 0 Å². The zero-order valence-corrected chi connectivity index (χ0v) is 45.8. The van der Waals surface area contributed by atoms with Crippen molar-refractivity contribution in [3.05, 3.63) is 128 Å². The average molecular weight is 1140 g/mol. The fourth-order valence-corrected chi connectivity index (χ4v) is 13.4. The Morgan fingerprint density at radius 2 is 1.53 bits per heavy atom. The van der Waals surface area contributed by atoms with Gasteiger partial charge >= 0.3 is 0 Å². The van der Waals surface area contributed by atoms with E-state index in [0.717, 1.165) is 16.2 Å². The molecule has 28 heteroatoms. The Morgan fingerprint density at radius 1 is 0.789 bits per heavy atom. The number of thiazole rings is 6. The Labute approximate surface area is 457 Å². The maximum absolute atomic E-state index is 14.2. The van der Waals surface area contributed by atoms with Crippen LogP contribution in [-0.2, 0) is 27.5 Å². The summed E-state index contributed by atoms with van der Waals surface area (Å²) < 4.78 is 5.48. The molecular weight excluding hydrogens is 1090 g/mol. The highest BCUT2D eigenvalue weighted by Crippen LogP contribution is 2.40. The normalized spacial score (nSPS) is 16.7. The molecule has 0 fully saturated rings. The molecule has 76 heavy (non-hydrogen) atoms. The van der Waals surface area contributed by atoms with Gasteiger partial charge in [-0.05, 0) is 41.2 Å². The number of carbonyl (C=O) groups excluding carboxylic acids is 5. The minimum atomic E-state index is -1.25. The first-order valence-electron chi connectivity index (χ1n) is 23.2. The van der Waals surface area contributed by atoms with Gasteiger partial charge < -0.3 is 36.4 Å². The van der Waals surface area contributed by atoms with E-state index in [1.54, 1.807) is 52.5 Å². The van der Waals surface area contributed by atoms with E-state index in [2.05, 4.69) is 41.6 Å². The molecule has 0 saturated carbocycles. The molecule has 1 aromatic carbocycles. The number of hydrogen-bond acceptors (Lipinski definition) is 21. The predicted molar refractivity (Wildman–Crippen MR) is 290 cm³/mol. The molecule has 0 spiro atoms. The smallest absolute Gasteiger partial charge is 0.271 e. The van der Waals surface area contributed by atoms with Crippen molar-refractivity contribution in [1.29, 1.82) is 0 Å². The van der Waals surface area contributed by atoms with E-state index < -0.39 is 48.4 Å². The Balaban J connectivity index is 1.13. The Hall–Kier alpha value is -7.11. The van der Waals surface area contributed by atoms with E-state index in [0.29, 0.717) is 74.5 Å². The quantitative estimate of drug-likeness (QED) is 0.0451. The van der Waals surface area contributed by atoms with E-state index in [-0.39, 0.29) is 54.5 Å². The number of rotatable bonds is 9. The number of nitrogens with zero attached hydrogens (tertiary/aromatic N) is 10. The molecule has 0 saturated heterocycles. The van der Waals surface area contributed by atoms with Gasteiger partial charge in [-0.1, -0.05) is 44.2 Å². The molecule has 0 radical (unpaired) electrons. The maximum atomic E-state index is 14.2. The van der Waals surface area contributed by atoms with Gasteiger partial charge in [0.2, 0.25) is 11.8 Å². The second-order valence-corrected chi connectivity index (χ2v) is 23.0. The van der Waals surface area contributed by atoms with Crippen LogP contribution in [0.4, 0.5) is 0 Å². The van der Waals surface area contributed by atoms with Crippen LogP contribution in [0, 0.1) is 12.8 Å². The van der Waals surface area contributed by atoms with Crippen LogP contribution >= 0.6 is 68.0 Å². The first-order chi connectivity index (χ1) is 36.7. The number of aliphatic hydroxyl groups excluding tert-OH is 1. The number of nitrogens with one attached hydrogen (secondary N) is 5. The van der Waals surface area contributed by atoms with Crippen molar-refractivity contribution in [1.82, 2.24) is 61.5 Å². The lowest BCUT2D eigenvalue weighted by molar-refractivity contribution is -0.122. The highest BCUT2D eigenvalue weighted by molar-refractivity contribution is 7.15. The maximum Gasteiger partial charge on any atom is 0.271 e. The third-order valence-corrected chi connectivity index (χ3v) is 17.5. The van der Waals surface area contributed by atoms with Crippen molar-refractivity contribution in [2.45, 2.75) is 64.6 Å². The number of hydrogen-bond donors (Lipinski definition) is 6. The second kappa shape index (κ2) is 23.8. The Bertz CT molecular complexity index is 3500. The molecule has 1 aliphatic rings. The van der Waals surface area contributed by atoms with Gasteiger partial charge in [0.25, 0.3) is 17.7 Å². The number of benzene rings is 1. The SMILES string of the molecule is CNC(=O)C[C@@H]1NC(=O)c2csc(n2)-c2ccc(-c3nc(C(=O)N=[N+]=[N-])cs3)nc2-c2csc(n2)-c2csc(n2)[C@H]([C@@H](O)c2ccccc2)NC(=O)CNC(=O)c2nc(sc2COC)[C@H](C(C)C)NCc2nc1sc2C. The highest BCUT2D eigenvalue weighted by Gasteiger charge is 2.31.